The second-order valence-electron chi connectivity index (χ2n) is 7.36. The van der Waals surface area contributed by atoms with Crippen molar-refractivity contribution in [2.45, 2.75) is 10.9 Å². The first-order valence-corrected chi connectivity index (χ1v) is 11.5. The molecule has 3 aromatic carbocycles. The number of para-hydroxylation sites is 1. The second-order valence-corrected chi connectivity index (χ2v) is 9.02. The molecule has 1 aromatic heterocycles. The summed E-state index contributed by atoms with van der Waals surface area (Å²) in [5, 5.41) is 3.90. The Bertz CT molecular complexity index is 1410. The number of sulfonamides is 1. The molecule has 1 atom stereocenters. The van der Waals surface area contributed by atoms with Crippen LogP contribution in [0.15, 0.2) is 99.2 Å². The highest BCUT2D eigenvalue weighted by Crippen LogP contribution is 2.28. The van der Waals surface area contributed by atoms with E-state index in [0.29, 0.717) is 11.3 Å². The minimum absolute atomic E-state index is 0.156. The molecule has 1 aliphatic heterocycles. The number of carbonyl (C=O) groups excluding carboxylic acids is 1. The minimum atomic E-state index is -3.65. The van der Waals surface area contributed by atoms with Crippen molar-refractivity contribution >= 4 is 32.7 Å². The van der Waals surface area contributed by atoms with Gasteiger partial charge in [-0.15, -0.1) is 0 Å². The fourth-order valence-corrected chi connectivity index (χ4v) is 4.97. The van der Waals surface area contributed by atoms with Crippen LogP contribution in [0.4, 0.5) is 0 Å². The Morgan fingerprint density at radius 1 is 0.969 bits per heavy atom. The van der Waals surface area contributed by atoms with E-state index >= 15 is 0 Å². The fourth-order valence-electron chi connectivity index (χ4n) is 3.72. The molecule has 2 heterocycles. The highest BCUT2D eigenvalue weighted by Gasteiger charge is 2.30. The summed E-state index contributed by atoms with van der Waals surface area (Å²) in [6.07, 6.45) is 0. The fraction of sp³-hybridized carbons (Fsp3) is 0.0833. The molecule has 0 saturated carbocycles. The number of amides is 1. The van der Waals surface area contributed by atoms with Crippen LogP contribution in [0.2, 0.25) is 0 Å². The van der Waals surface area contributed by atoms with Crippen molar-refractivity contribution in [3.63, 3.8) is 0 Å². The zero-order valence-electron chi connectivity index (χ0n) is 16.9. The van der Waals surface area contributed by atoms with Crippen LogP contribution in [0, 0.1) is 0 Å². The maximum absolute atomic E-state index is 12.8. The van der Waals surface area contributed by atoms with Crippen molar-refractivity contribution in [3.8, 4) is 0 Å². The van der Waals surface area contributed by atoms with Gasteiger partial charge in [0.05, 0.1) is 4.90 Å². The van der Waals surface area contributed by atoms with Gasteiger partial charge < -0.3 is 9.73 Å². The topological polar surface area (TPSA) is 101 Å². The monoisotopic (exact) mass is 445 g/mol. The number of rotatable bonds is 5. The van der Waals surface area contributed by atoms with Crippen molar-refractivity contribution < 1.29 is 17.6 Å². The summed E-state index contributed by atoms with van der Waals surface area (Å²) in [6, 6.07) is 25.1. The number of benzene rings is 3. The molecule has 1 unspecified atom stereocenters. The van der Waals surface area contributed by atoms with E-state index in [9.17, 15) is 13.2 Å². The van der Waals surface area contributed by atoms with Gasteiger partial charge in [-0.25, -0.2) is 8.42 Å². The first kappa shape index (κ1) is 20.0. The standard InChI is InChI=1S/C24H19N3O4S/c28-22(15-25-24-18-11-5-7-13-21(18)32(29,30)27-24)26-23(16-8-2-1-3-9-16)20-14-17-10-4-6-12-19(17)31-20/h1-14,23H,15H2,(H,25,27)(H,26,28). The van der Waals surface area contributed by atoms with Crippen LogP contribution < -0.4 is 10.0 Å². The lowest BCUT2D eigenvalue weighted by Gasteiger charge is -2.16. The number of fused-ring (bicyclic) bond motifs is 2. The van der Waals surface area contributed by atoms with E-state index in [2.05, 4.69) is 15.0 Å². The van der Waals surface area contributed by atoms with E-state index in [1.807, 2.05) is 60.7 Å². The van der Waals surface area contributed by atoms with E-state index in [0.717, 1.165) is 16.5 Å². The van der Waals surface area contributed by atoms with Crippen molar-refractivity contribution in [1.29, 1.82) is 0 Å². The third-order valence-corrected chi connectivity index (χ3v) is 6.61. The van der Waals surface area contributed by atoms with Gasteiger partial charge in [0, 0.05) is 10.9 Å². The largest absolute Gasteiger partial charge is 0.459 e. The van der Waals surface area contributed by atoms with Crippen molar-refractivity contribution in [3.05, 3.63) is 102 Å². The molecular weight excluding hydrogens is 426 g/mol. The zero-order valence-corrected chi connectivity index (χ0v) is 17.7. The number of furan rings is 1. The van der Waals surface area contributed by atoms with Crippen molar-refractivity contribution in [2.75, 3.05) is 6.54 Å². The van der Waals surface area contributed by atoms with E-state index in [1.54, 1.807) is 18.2 Å². The molecule has 4 aromatic rings. The first-order chi connectivity index (χ1) is 15.5. The van der Waals surface area contributed by atoms with Gasteiger partial charge in [-0.2, -0.15) is 0 Å². The Morgan fingerprint density at radius 2 is 1.69 bits per heavy atom. The van der Waals surface area contributed by atoms with Gasteiger partial charge >= 0.3 is 0 Å². The van der Waals surface area contributed by atoms with Crippen LogP contribution in [0.3, 0.4) is 0 Å². The second kappa shape index (κ2) is 7.97. The molecule has 5 rings (SSSR count). The number of hydrogen-bond donors (Lipinski definition) is 2. The molecule has 0 saturated heterocycles. The Labute approximate surface area is 184 Å². The van der Waals surface area contributed by atoms with Crippen molar-refractivity contribution in [1.82, 2.24) is 10.0 Å². The van der Waals surface area contributed by atoms with Gasteiger partial charge in [0.15, 0.2) is 0 Å². The summed E-state index contributed by atoms with van der Waals surface area (Å²) in [6.45, 7) is -0.240. The van der Waals surface area contributed by atoms with Crippen LogP contribution in [0.25, 0.3) is 11.0 Å². The van der Waals surface area contributed by atoms with Gasteiger partial charge in [0.25, 0.3) is 10.0 Å². The zero-order chi connectivity index (χ0) is 22.1. The van der Waals surface area contributed by atoms with Crippen molar-refractivity contribution in [2.24, 2.45) is 4.99 Å². The Balaban J connectivity index is 1.41. The summed E-state index contributed by atoms with van der Waals surface area (Å²) in [5.74, 6) is 0.399. The van der Waals surface area contributed by atoms with Crippen LogP contribution in [0.1, 0.15) is 22.9 Å². The number of hydrogen-bond acceptors (Lipinski definition) is 5. The highest BCUT2D eigenvalue weighted by molar-refractivity contribution is 7.90. The summed E-state index contributed by atoms with van der Waals surface area (Å²) < 4.78 is 32.9. The first-order valence-electron chi connectivity index (χ1n) is 10.0. The molecule has 8 heteroatoms. The maximum Gasteiger partial charge on any atom is 0.263 e. The average molecular weight is 446 g/mol. The van der Waals surface area contributed by atoms with Crippen LogP contribution in [-0.2, 0) is 14.8 Å². The summed E-state index contributed by atoms with van der Waals surface area (Å²) >= 11 is 0. The van der Waals surface area contributed by atoms with E-state index < -0.39 is 16.1 Å². The lowest BCUT2D eigenvalue weighted by Crippen LogP contribution is -2.32. The van der Waals surface area contributed by atoms with Gasteiger partial charge in [0.2, 0.25) is 5.91 Å². The molecule has 7 nitrogen and oxygen atoms in total. The number of aliphatic imine (C=N–C) groups is 1. The normalized spacial score (nSPS) is 16.4. The quantitative estimate of drug-likeness (QED) is 0.492. The summed E-state index contributed by atoms with van der Waals surface area (Å²) in [4.78, 5) is 17.2. The van der Waals surface area contributed by atoms with Crippen LogP contribution in [0.5, 0.6) is 0 Å². The van der Waals surface area contributed by atoms with Gasteiger partial charge in [-0.3, -0.25) is 14.5 Å². The smallest absolute Gasteiger partial charge is 0.263 e. The van der Waals surface area contributed by atoms with Gasteiger partial charge in [0.1, 0.15) is 29.8 Å². The summed E-state index contributed by atoms with van der Waals surface area (Å²) in [5.41, 5.74) is 2.05. The van der Waals surface area contributed by atoms with E-state index in [-0.39, 0.29) is 23.2 Å². The molecule has 0 radical (unpaired) electrons. The number of carbonyl (C=O) groups is 1. The maximum atomic E-state index is 12.8. The third kappa shape index (κ3) is 3.76. The predicted molar refractivity (Wildman–Crippen MR) is 121 cm³/mol. The molecule has 2 N–H and O–H groups in total. The summed E-state index contributed by atoms with van der Waals surface area (Å²) in [7, 11) is -3.65. The Hall–Kier alpha value is -3.91. The molecule has 32 heavy (non-hydrogen) atoms. The van der Waals surface area contributed by atoms with Gasteiger partial charge in [-0.1, -0.05) is 60.7 Å². The highest BCUT2D eigenvalue weighted by atomic mass is 32.2. The molecule has 0 bridgehead atoms. The predicted octanol–water partition coefficient (Wildman–Crippen LogP) is 3.38. The molecular formula is C24H19N3O4S. The minimum Gasteiger partial charge on any atom is -0.459 e. The Kier molecular flexibility index (Phi) is 4.99. The van der Waals surface area contributed by atoms with E-state index in [1.165, 1.54) is 6.07 Å². The lowest BCUT2D eigenvalue weighted by molar-refractivity contribution is -0.120. The molecule has 0 fully saturated rings. The van der Waals surface area contributed by atoms with Crippen LogP contribution >= 0.6 is 0 Å². The lowest BCUT2D eigenvalue weighted by atomic mass is 10.0. The molecule has 0 aliphatic carbocycles. The molecule has 1 aliphatic rings. The number of nitrogens with one attached hydrogen (secondary N) is 2. The Morgan fingerprint density at radius 3 is 2.50 bits per heavy atom. The molecule has 0 spiro atoms. The van der Waals surface area contributed by atoms with E-state index in [4.69, 9.17) is 4.42 Å². The average Bonchev–Trinajstić information content (AvgIpc) is 3.35. The van der Waals surface area contributed by atoms with Gasteiger partial charge in [-0.05, 0) is 29.8 Å². The number of amidine groups is 1. The molecule has 160 valence electrons. The SMILES string of the molecule is O=C(CN=C1NS(=O)(=O)c2ccccc21)NC(c1ccccc1)c1cc2ccccc2o1. The third-order valence-electron chi connectivity index (χ3n) is 5.21. The molecule has 1 amide bonds. The van der Waals surface area contributed by atoms with Crippen LogP contribution in [-0.4, -0.2) is 26.7 Å². The number of nitrogens with zero attached hydrogens (tertiary/aromatic N) is 1.